The van der Waals surface area contributed by atoms with Gasteiger partial charge in [-0.05, 0) is 30.5 Å². The molecule has 0 radical (unpaired) electrons. The lowest BCUT2D eigenvalue weighted by Gasteiger charge is -2.23. The standard InChI is InChI=1S/C15H20N6/c1-2-4-13(5-3-1)19-14-11-18-21-15(20-14)17-10-12-6-8-16-9-7-12/h6-9,11,13H,1-5,10H2,(H2,17,19,20,21). The van der Waals surface area contributed by atoms with Gasteiger partial charge in [0, 0.05) is 25.0 Å². The first-order chi connectivity index (χ1) is 10.4. The van der Waals surface area contributed by atoms with E-state index >= 15 is 0 Å². The van der Waals surface area contributed by atoms with E-state index in [1.54, 1.807) is 18.6 Å². The van der Waals surface area contributed by atoms with E-state index in [4.69, 9.17) is 0 Å². The fourth-order valence-electron chi connectivity index (χ4n) is 2.59. The minimum atomic E-state index is 0.517. The fourth-order valence-corrected chi connectivity index (χ4v) is 2.59. The molecule has 6 nitrogen and oxygen atoms in total. The molecule has 2 aromatic heterocycles. The summed E-state index contributed by atoms with van der Waals surface area (Å²) < 4.78 is 0. The number of hydrogen-bond donors (Lipinski definition) is 2. The number of anilines is 2. The summed E-state index contributed by atoms with van der Waals surface area (Å²) in [6, 6.07) is 4.44. The van der Waals surface area contributed by atoms with Crippen molar-refractivity contribution in [2.75, 3.05) is 10.6 Å². The molecule has 2 N–H and O–H groups in total. The summed E-state index contributed by atoms with van der Waals surface area (Å²) in [5.74, 6) is 1.35. The summed E-state index contributed by atoms with van der Waals surface area (Å²) in [5.41, 5.74) is 1.14. The molecule has 6 heteroatoms. The first kappa shape index (κ1) is 13.7. The third kappa shape index (κ3) is 4.11. The van der Waals surface area contributed by atoms with Gasteiger partial charge in [0.1, 0.15) is 0 Å². The minimum Gasteiger partial charge on any atom is -0.366 e. The third-order valence-corrected chi connectivity index (χ3v) is 3.72. The lowest BCUT2D eigenvalue weighted by Crippen LogP contribution is -2.23. The van der Waals surface area contributed by atoms with E-state index in [9.17, 15) is 0 Å². The van der Waals surface area contributed by atoms with Crippen LogP contribution in [-0.4, -0.2) is 26.2 Å². The normalized spacial score (nSPS) is 15.6. The molecule has 0 unspecified atom stereocenters. The average molecular weight is 284 g/mol. The van der Waals surface area contributed by atoms with E-state index < -0.39 is 0 Å². The lowest BCUT2D eigenvalue weighted by molar-refractivity contribution is 0.461. The molecule has 3 rings (SSSR count). The van der Waals surface area contributed by atoms with Gasteiger partial charge in [-0.2, -0.15) is 10.1 Å². The van der Waals surface area contributed by atoms with Crippen LogP contribution in [0.5, 0.6) is 0 Å². The van der Waals surface area contributed by atoms with Gasteiger partial charge in [-0.15, -0.1) is 5.10 Å². The van der Waals surface area contributed by atoms with Crippen LogP contribution >= 0.6 is 0 Å². The van der Waals surface area contributed by atoms with Crippen molar-refractivity contribution >= 4 is 11.8 Å². The summed E-state index contributed by atoms with van der Waals surface area (Å²) >= 11 is 0. The summed E-state index contributed by atoms with van der Waals surface area (Å²) in [6.45, 7) is 0.664. The van der Waals surface area contributed by atoms with Crippen molar-refractivity contribution in [2.24, 2.45) is 0 Å². The summed E-state index contributed by atoms with van der Waals surface area (Å²) in [5, 5.41) is 14.7. The molecule has 1 saturated carbocycles. The third-order valence-electron chi connectivity index (χ3n) is 3.72. The van der Waals surface area contributed by atoms with Crippen LogP contribution in [0.4, 0.5) is 11.8 Å². The van der Waals surface area contributed by atoms with Gasteiger partial charge in [0.25, 0.3) is 0 Å². The molecule has 110 valence electrons. The SMILES string of the molecule is c1cc(CNc2nncc(NC3CCCCC3)n2)ccn1. The van der Waals surface area contributed by atoms with E-state index in [1.165, 1.54) is 32.1 Å². The Hall–Kier alpha value is -2.24. The smallest absolute Gasteiger partial charge is 0.244 e. The molecular formula is C15H20N6. The van der Waals surface area contributed by atoms with E-state index in [0.717, 1.165) is 11.4 Å². The lowest BCUT2D eigenvalue weighted by atomic mass is 9.96. The van der Waals surface area contributed by atoms with Crippen LogP contribution in [0.1, 0.15) is 37.7 Å². The van der Waals surface area contributed by atoms with Crippen LogP contribution in [0.25, 0.3) is 0 Å². The zero-order valence-corrected chi connectivity index (χ0v) is 12.0. The van der Waals surface area contributed by atoms with Crippen molar-refractivity contribution in [1.82, 2.24) is 20.2 Å². The molecule has 0 amide bonds. The van der Waals surface area contributed by atoms with Crippen LogP contribution in [0.15, 0.2) is 30.7 Å². The Morgan fingerprint density at radius 2 is 1.90 bits per heavy atom. The second-order valence-corrected chi connectivity index (χ2v) is 5.35. The number of rotatable bonds is 5. The summed E-state index contributed by atoms with van der Waals surface area (Å²) in [4.78, 5) is 8.47. The molecule has 1 aliphatic carbocycles. The first-order valence-electron chi connectivity index (χ1n) is 7.49. The van der Waals surface area contributed by atoms with Gasteiger partial charge in [0.2, 0.25) is 5.95 Å². The van der Waals surface area contributed by atoms with Crippen molar-refractivity contribution in [3.8, 4) is 0 Å². The van der Waals surface area contributed by atoms with Gasteiger partial charge in [0.15, 0.2) is 5.82 Å². The number of nitrogens with one attached hydrogen (secondary N) is 2. The second-order valence-electron chi connectivity index (χ2n) is 5.35. The maximum absolute atomic E-state index is 4.47. The molecule has 1 aliphatic rings. The predicted octanol–water partition coefficient (Wildman–Crippen LogP) is 2.62. The van der Waals surface area contributed by atoms with E-state index in [1.807, 2.05) is 12.1 Å². The molecule has 0 bridgehead atoms. The van der Waals surface area contributed by atoms with Crippen LogP contribution in [0.2, 0.25) is 0 Å². The quantitative estimate of drug-likeness (QED) is 0.879. The molecule has 2 heterocycles. The zero-order valence-electron chi connectivity index (χ0n) is 12.0. The van der Waals surface area contributed by atoms with Gasteiger partial charge in [0.05, 0.1) is 6.20 Å². The van der Waals surface area contributed by atoms with Gasteiger partial charge >= 0.3 is 0 Å². The van der Waals surface area contributed by atoms with E-state index in [-0.39, 0.29) is 0 Å². The molecule has 1 fully saturated rings. The molecule has 0 aliphatic heterocycles. The number of pyridine rings is 1. The molecule has 2 aromatic rings. The Balaban J connectivity index is 1.57. The maximum Gasteiger partial charge on any atom is 0.244 e. The highest BCUT2D eigenvalue weighted by molar-refractivity contribution is 5.38. The summed E-state index contributed by atoms with van der Waals surface area (Å²) in [7, 11) is 0. The highest BCUT2D eigenvalue weighted by atomic mass is 15.3. The van der Waals surface area contributed by atoms with E-state index in [2.05, 4.69) is 30.8 Å². The van der Waals surface area contributed by atoms with Gasteiger partial charge < -0.3 is 10.6 Å². The molecular weight excluding hydrogens is 264 g/mol. The van der Waals surface area contributed by atoms with E-state index in [0.29, 0.717) is 18.5 Å². The number of nitrogens with zero attached hydrogens (tertiary/aromatic N) is 4. The predicted molar refractivity (Wildman–Crippen MR) is 81.9 cm³/mol. The van der Waals surface area contributed by atoms with Crippen LogP contribution in [0, 0.1) is 0 Å². The minimum absolute atomic E-state index is 0.517. The zero-order chi connectivity index (χ0) is 14.3. The maximum atomic E-state index is 4.47. The Morgan fingerprint density at radius 1 is 1.10 bits per heavy atom. The highest BCUT2D eigenvalue weighted by Gasteiger charge is 2.13. The van der Waals surface area contributed by atoms with Crippen LogP contribution < -0.4 is 10.6 Å². The molecule has 0 atom stereocenters. The largest absolute Gasteiger partial charge is 0.366 e. The first-order valence-corrected chi connectivity index (χ1v) is 7.49. The van der Waals surface area contributed by atoms with Crippen LogP contribution in [-0.2, 0) is 6.54 Å². The molecule has 0 spiro atoms. The monoisotopic (exact) mass is 284 g/mol. The van der Waals surface area contributed by atoms with Crippen molar-refractivity contribution in [2.45, 2.75) is 44.7 Å². The van der Waals surface area contributed by atoms with Crippen molar-refractivity contribution in [3.05, 3.63) is 36.3 Å². The molecule has 21 heavy (non-hydrogen) atoms. The van der Waals surface area contributed by atoms with Gasteiger partial charge in [-0.25, -0.2) is 0 Å². The van der Waals surface area contributed by atoms with Crippen molar-refractivity contribution in [3.63, 3.8) is 0 Å². The topological polar surface area (TPSA) is 75.6 Å². The van der Waals surface area contributed by atoms with Crippen LogP contribution in [0.3, 0.4) is 0 Å². The van der Waals surface area contributed by atoms with Crippen molar-refractivity contribution < 1.29 is 0 Å². The second kappa shape index (κ2) is 6.97. The number of hydrogen-bond acceptors (Lipinski definition) is 6. The Morgan fingerprint density at radius 3 is 2.71 bits per heavy atom. The Labute approximate surface area is 124 Å². The van der Waals surface area contributed by atoms with Crippen molar-refractivity contribution in [1.29, 1.82) is 0 Å². The molecule has 0 saturated heterocycles. The average Bonchev–Trinajstić information content (AvgIpc) is 2.55. The molecule has 0 aromatic carbocycles. The number of aromatic nitrogens is 4. The summed E-state index contributed by atoms with van der Waals surface area (Å²) in [6.07, 6.45) is 11.6. The van der Waals surface area contributed by atoms with Gasteiger partial charge in [-0.1, -0.05) is 19.3 Å². The Kier molecular flexibility index (Phi) is 4.55. The Bertz CT molecular complexity index is 553. The highest BCUT2D eigenvalue weighted by Crippen LogP contribution is 2.20. The van der Waals surface area contributed by atoms with Gasteiger partial charge in [-0.3, -0.25) is 4.98 Å². The fraction of sp³-hybridized carbons (Fsp3) is 0.467.